The van der Waals surface area contributed by atoms with Gasteiger partial charge in [-0.15, -0.1) is 0 Å². The predicted molar refractivity (Wildman–Crippen MR) is 76.3 cm³/mol. The molecule has 0 saturated carbocycles. The molecule has 0 aromatic carbocycles. The van der Waals surface area contributed by atoms with Crippen molar-refractivity contribution < 1.29 is 0 Å². The molecule has 0 aromatic heterocycles. The van der Waals surface area contributed by atoms with Crippen molar-refractivity contribution >= 4 is 0 Å². The fourth-order valence-corrected chi connectivity index (χ4v) is 3.10. The Hall–Kier alpha value is -0.0800. The molecule has 0 aromatic rings. The monoisotopic (exact) mass is 240 g/mol. The van der Waals surface area contributed by atoms with Crippen LogP contribution in [0.1, 0.15) is 48.0 Å². The quantitative estimate of drug-likeness (QED) is 0.795. The topological polar surface area (TPSA) is 15.3 Å². The van der Waals surface area contributed by atoms with Crippen molar-refractivity contribution in [2.45, 2.75) is 54.0 Å². The van der Waals surface area contributed by atoms with Gasteiger partial charge in [0.05, 0.1) is 0 Å². The van der Waals surface area contributed by atoms with Crippen molar-refractivity contribution in [3.8, 4) is 0 Å². The number of rotatable bonds is 5. The Kier molecular flexibility index (Phi) is 5.46. The van der Waals surface area contributed by atoms with Gasteiger partial charge in [-0.2, -0.15) is 0 Å². The van der Waals surface area contributed by atoms with Crippen LogP contribution >= 0.6 is 0 Å². The van der Waals surface area contributed by atoms with Gasteiger partial charge in [0.2, 0.25) is 0 Å². The Labute approximate surface area is 108 Å². The van der Waals surface area contributed by atoms with E-state index in [4.69, 9.17) is 0 Å². The standard InChI is InChI=1S/C15H32N2/c1-12(2)9-17(10-13(3)4)14-7-8-16-11-15(14,5)6/h12-14,16H,7-11H2,1-6H3. The molecule has 1 N–H and O–H groups in total. The van der Waals surface area contributed by atoms with E-state index in [2.05, 4.69) is 51.8 Å². The Balaban J connectivity index is 2.72. The Morgan fingerprint density at radius 2 is 1.65 bits per heavy atom. The van der Waals surface area contributed by atoms with Crippen molar-refractivity contribution in [3.05, 3.63) is 0 Å². The number of hydrogen-bond donors (Lipinski definition) is 1. The molecule has 0 spiro atoms. The molecule has 1 heterocycles. The van der Waals surface area contributed by atoms with Crippen molar-refractivity contribution in [1.82, 2.24) is 10.2 Å². The minimum atomic E-state index is 0.405. The summed E-state index contributed by atoms with van der Waals surface area (Å²) < 4.78 is 0. The van der Waals surface area contributed by atoms with E-state index >= 15 is 0 Å². The third-order valence-corrected chi connectivity index (χ3v) is 3.72. The zero-order valence-electron chi connectivity index (χ0n) is 12.7. The average molecular weight is 240 g/mol. The van der Waals surface area contributed by atoms with Crippen LogP contribution in [0, 0.1) is 17.3 Å². The Morgan fingerprint density at radius 1 is 1.12 bits per heavy atom. The normalized spacial score (nSPS) is 24.9. The minimum absolute atomic E-state index is 0.405. The van der Waals surface area contributed by atoms with Crippen LogP contribution < -0.4 is 5.32 Å². The lowest BCUT2D eigenvalue weighted by Crippen LogP contribution is -2.56. The van der Waals surface area contributed by atoms with E-state index in [-0.39, 0.29) is 0 Å². The first-order valence-electron chi connectivity index (χ1n) is 7.27. The molecule has 1 aliphatic rings. The maximum absolute atomic E-state index is 3.54. The molecule has 0 amide bonds. The second kappa shape index (κ2) is 6.19. The molecular weight excluding hydrogens is 208 g/mol. The van der Waals surface area contributed by atoms with Crippen molar-refractivity contribution in [1.29, 1.82) is 0 Å². The highest BCUT2D eigenvalue weighted by Crippen LogP contribution is 2.30. The number of nitrogens with zero attached hydrogens (tertiary/aromatic N) is 1. The van der Waals surface area contributed by atoms with Gasteiger partial charge in [-0.1, -0.05) is 41.5 Å². The van der Waals surface area contributed by atoms with Gasteiger partial charge >= 0.3 is 0 Å². The second-order valence-electron chi connectivity index (χ2n) is 7.21. The first kappa shape index (κ1) is 15.0. The van der Waals surface area contributed by atoms with E-state index < -0.39 is 0 Å². The summed E-state index contributed by atoms with van der Waals surface area (Å²) in [7, 11) is 0. The lowest BCUT2D eigenvalue weighted by atomic mass is 9.78. The third kappa shape index (κ3) is 4.59. The second-order valence-corrected chi connectivity index (χ2v) is 7.21. The molecule has 1 unspecified atom stereocenters. The number of piperidine rings is 1. The molecule has 1 saturated heterocycles. The van der Waals surface area contributed by atoms with Crippen LogP contribution in [0.4, 0.5) is 0 Å². The van der Waals surface area contributed by atoms with Crippen molar-refractivity contribution in [3.63, 3.8) is 0 Å². The molecule has 0 radical (unpaired) electrons. The molecule has 1 fully saturated rings. The highest BCUT2D eigenvalue weighted by molar-refractivity contribution is 4.92. The van der Waals surface area contributed by atoms with Crippen LogP contribution in [-0.2, 0) is 0 Å². The minimum Gasteiger partial charge on any atom is -0.316 e. The van der Waals surface area contributed by atoms with Crippen molar-refractivity contribution in [2.24, 2.45) is 17.3 Å². The highest BCUT2D eigenvalue weighted by Gasteiger charge is 2.36. The first-order valence-corrected chi connectivity index (χ1v) is 7.27. The lowest BCUT2D eigenvalue weighted by Gasteiger charge is -2.46. The predicted octanol–water partition coefficient (Wildman–Crippen LogP) is 2.99. The van der Waals surface area contributed by atoms with Gasteiger partial charge in [0.25, 0.3) is 0 Å². The summed E-state index contributed by atoms with van der Waals surface area (Å²) in [4.78, 5) is 2.75. The summed E-state index contributed by atoms with van der Waals surface area (Å²) in [6, 6.07) is 0.744. The zero-order valence-corrected chi connectivity index (χ0v) is 12.7. The lowest BCUT2D eigenvalue weighted by molar-refractivity contribution is 0.0425. The summed E-state index contributed by atoms with van der Waals surface area (Å²) in [6.45, 7) is 19.0. The van der Waals surface area contributed by atoms with Gasteiger partial charge in [-0.25, -0.2) is 0 Å². The van der Waals surface area contributed by atoms with E-state index in [9.17, 15) is 0 Å². The summed E-state index contributed by atoms with van der Waals surface area (Å²) in [5, 5.41) is 3.54. The molecule has 1 rings (SSSR count). The van der Waals surface area contributed by atoms with E-state index in [1.54, 1.807) is 0 Å². The third-order valence-electron chi connectivity index (χ3n) is 3.72. The Morgan fingerprint density at radius 3 is 2.06 bits per heavy atom. The fourth-order valence-electron chi connectivity index (χ4n) is 3.10. The molecule has 2 nitrogen and oxygen atoms in total. The maximum atomic E-state index is 3.54. The van der Waals surface area contributed by atoms with Crippen LogP contribution in [0.3, 0.4) is 0 Å². The van der Waals surface area contributed by atoms with Crippen LogP contribution in [0.15, 0.2) is 0 Å². The van der Waals surface area contributed by atoms with Crippen molar-refractivity contribution in [2.75, 3.05) is 26.2 Å². The van der Waals surface area contributed by atoms with E-state index in [1.165, 1.54) is 26.1 Å². The molecule has 17 heavy (non-hydrogen) atoms. The van der Waals surface area contributed by atoms with Gasteiger partial charge < -0.3 is 5.32 Å². The Bertz CT molecular complexity index is 211. The summed E-state index contributed by atoms with van der Waals surface area (Å²) in [6.07, 6.45) is 1.30. The molecule has 102 valence electrons. The molecule has 0 aliphatic carbocycles. The van der Waals surface area contributed by atoms with E-state index in [0.29, 0.717) is 5.41 Å². The summed E-state index contributed by atoms with van der Waals surface area (Å²) in [5.74, 6) is 1.53. The van der Waals surface area contributed by atoms with Gasteiger partial charge in [-0.3, -0.25) is 4.90 Å². The van der Waals surface area contributed by atoms with E-state index in [1.807, 2.05) is 0 Å². The summed E-state index contributed by atoms with van der Waals surface area (Å²) >= 11 is 0. The largest absolute Gasteiger partial charge is 0.316 e. The molecule has 1 aliphatic heterocycles. The number of hydrogen-bond acceptors (Lipinski definition) is 2. The van der Waals surface area contributed by atoms with Gasteiger partial charge in [0.1, 0.15) is 0 Å². The zero-order chi connectivity index (χ0) is 13.1. The maximum Gasteiger partial charge on any atom is 0.0171 e. The highest BCUT2D eigenvalue weighted by atomic mass is 15.2. The molecule has 0 bridgehead atoms. The van der Waals surface area contributed by atoms with Crippen LogP contribution in [-0.4, -0.2) is 37.1 Å². The van der Waals surface area contributed by atoms with Crippen LogP contribution in [0.2, 0.25) is 0 Å². The van der Waals surface area contributed by atoms with E-state index in [0.717, 1.165) is 24.4 Å². The molecule has 2 heteroatoms. The number of nitrogens with one attached hydrogen (secondary N) is 1. The average Bonchev–Trinajstić information content (AvgIpc) is 2.14. The van der Waals surface area contributed by atoms with Crippen LogP contribution in [0.5, 0.6) is 0 Å². The fraction of sp³-hybridized carbons (Fsp3) is 1.00. The summed E-state index contributed by atoms with van der Waals surface area (Å²) in [5.41, 5.74) is 0.405. The molecule has 1 atom stereocenters. The van der Waals surface area contributed by atoms with Gasteiger partial charge in [0.15, 0.2) is 0 Å². The SMILES string of the molecule is CC(C)CN(CC(C)C)C1CCNCC1(C)C. The van der Waals surface area contributed by atoms with Gasteiger partial charge in [-0.05, 0) is 30.2 Å². The van der Waals surface area contributed by atoms with Gasteiger partial charge in [0, 0.05) is 25.7 Å². The smallest absolute Gasteiger partial charge is 0.0171 e. The van der Waals surface area contributed by atoms with Crippen LogP contribution in [0.25, 0.3) is 0 Å². The molecular formula is C15H32N2. The first-order chi connectivity index (χ1) is 7.83.